The van der Waals surface area contributed by atoms with E-state index < -0.39 is 12.0 Å². The van der Waals surface area contributed by atoms with Crippen LogP contribution in [0.3, 0.4) is 0 Å². The zero-order valence-corrected chi connectivity index (χ0v) is 16.7. The number of benzene rings is 2. The minimum Gasteiger partial charge on any atom is -0.493 e. The second kappa shape index (κ2) is 8.45. The normalized spacial score (nSPS) is 12.1. The van der Waals surface area contributed by atoms with Gasteiger partial charge in [0.15, 0.2) is 11.5 Å². The van der Waals surface area contributed by atoms with Gasteiger partial charge < -0.3 is 19.6 Å². The van der Waals surface area contributed by atoms with Crippen LogP contribution in [0.25, 0.3) is 10.9 Å². The van der Waals surface area contributed by atoms with E-state index in [1.807, 2.05) is 36.5 Å². The molecule has 1 heterocycles. The van der Waals surface area contributed by atoms with Gasteiger partial charge in [0, 0.05) is 40.1 Å². The lowest BCUT2D eigenvalue weighted by Gasteiger charge is -2.18. The number of hydrogen-bond donors (Lipinski definition) is 3. The number of aromatic amines is 1. The van der Waals surface area contributed by atoms with Crippen molar-refractivity contribution in [2.75, 3.05) is 14.2 Å². The lowest BCUT2D eigenvalue weighted by molar-refractivity contribution is -0.139. The Morgan fingerprint density at radius 1 is 1.22 bits per heavy atom. The number of aliphatic carboxylic acids is 1. The molecule has 0 amide bonds. The first-order valence-corrected chi connectivity index (χ1v) is 9.25. The molecule has 2 aromatic carbocycles. The molecule has 3 rings (SSSR count). The van der Waals surface area contributed by atoms with Gasteiger partial charge in [-0.15, -0.1) is 0 Å². The van der Waals surface area contributed by atoms with Crippen molar-refractivity contribution in [3.8, 4) is 11.5 Å². The molecular weight excluding hydrogens is 412 g/mol. The second-order valence-electron chi connectivity index (χ2n) is 6.10. The molecule has 0 saturated heterocycles. The molecule has 0 fully saturated rings. The van der Waals surface area contributed by atoms with Crippen LogP contribution in [0.1, 0.15) is 11.1 Å². The molecular formula is C20H21BrN2O4. The molecule has 27 heavy (non-hydrogen) atoms. The molecule has 1 unspecified atom stereocenters. The third-order valence-electron chi connectivity index (χ3n) is 4.51. The average Bonchev–Trinajstić information content (AvgIpc) is 3.08. The molecule has 6 nitrogen and oxygen atoms in total. The maximum atomic E-state index is 11.8. The molecule has 0 aliphatic rings. The summed E-state index contributed by atoms with van der Waals surface area (Å²) in [5.74, 6) is 0.273. The molecule has 0 bridgehead atoms. The van der Waals surface area contributed by atoms with E-state index in [9.17, 15) is 9.90 Å². The van der Waals surface area contributed by atoms with Crippen molar-refractivity contribution in [2.45, 2.75) is 19.0 Å². The Hall–Kier alpha value is -2.51. The smallest absolute Gasteiger partial charge is 0.321 e. The maximum Gasteiger partial charge on any atom is 0.321 e. The van der Waals surface area contributed by atoms with Gasteiger partial charge >= 0.3 is 5.97 Å². The Bertz CT molecular complexity index is 954. The highest BCUT2D eigenvalue weighted by Gasteiger charge is 2.21. The first-order valence-electron chi connectivity index (χ1n) is 8.45. The van der Waals surface area contributed by atoms with Crippen LogP contribution in [0.15, 0.2) is 47.1 Å². The van der Waals surface area contributed by atoms with Crippen LogP contribution >= 0.6 is 15.9 Å². The number of nitrogens with one attached hydrogen (secondary N) is 2. The molecule has 3 aromatic rings. The van der Waals surface area contributed by atoms with Crippen molar-refractivity contribution in [1.82, 2.24) is 10.3 Å². The van der Waals surface area contributed by atoms with Gasteiger partial charge in [0.05, 0.1) is 14.2 Å². The van der Waals surface area contributed by atoms with Gasteiger partial charge in [-0.3, -0.25) is 10.1 Å². The van der Waals surface area contributed by atoms with Gasteiger partial charge in [0.2, 0.25) is 0 Å². The Balaban J connectivity index is 1.81. The van der Waals surface area contributed by atoms with Crippen LogP contribution in [0.2, 0.25) is 0 Å². The van der Waals surface area contributed by atoms with Gasteiger partial charge in [-0.2, -0.15) is 0 Å². The maximum absolute atomic E-state index is 11.8. The van der Waals surface area contributed by atoms with Crippen LogP contribution in [-0.2, 0) is 17.8 Å². The number of H-pyrrole nitrogens is 1. The quantitative estimate of drug-likeness (QED) is 0.504. The zero-order chi connectivity index (χ0) is 19.4. The Morgan fingerprint density at radius 2 is 2.00 bits per heavy atom. The number of para-hydroxylation sites is 1. The topological polar surface area (TPSA) is 83.6 Å². The Morgan fingerprint density at radius 3 is 2.70 bits per heavy atom. The van der Waals surface area contributed by atoms with E-state index in [4.69, 9.17) is 9.47 Å². The largest absolute Gasteiger partial charge is 0.493 e. The molecule has 1 aromatic heterocycles. The minimum atomic E-state index is -0.904. The minimum absolute atomic E-state index is 0.320. The van der Waals surface area contributed by atoms with Crippen molar-refractivity contribution in [1.29, 1.82) is 0 Å². The standard InChI is InChI=1S/C20H21BrN2O4/c1-26-18-8-7-15(21)14(19(18)27-2)11-23-17(20(24)25)9-12-10-22-16-6-4-3-5-13(12)16/h3-8,10,17,22-23H,9,11H2,1-2H3,(H,24,25). The van der Waals surface area contributed by atoms with Crippen molar-refractivity contribution in [2.24, 2.45) is 0 Å². The molecule has 0 saturated carbocycles. The number of rotatable bonds is 8. The lowest BCUT2D eigenvalue weighted by atomic mass is 10.0. The van der Waals surface area contributed by atoms with Gasteiger partial charge in [0.1, 0.15) is 6.04 Å². The van der Waals surface area contributed by atoms with E-state index in [0.29, 0.717) is 24.5 Å². The highest BCUT2D eigenvalue weighted by Crippen LogP contribution is 2.36. The third-order valence-corrected chi connectivity index (χ3v) is 5.26. The van der Waals surface area contributed by atoms with E-state index in [1.165, 1.54) is 0 Å². The van der Waals surface area contributed by atoms with Crippen LogP contribution < -0.4 is 14.8 Å². The predicted molar refractivity (Wildman–Crippen MR) is 108 cm³/mol. The summed E-state index contributed by atoms with van der Waals surface area (Å²) in [6.45, 7) is 0.320. The van der Waals surface area contributed by atoms with Gasteiger partial charge in [-0.25, -0.2) is 0 Å². The zero-order valence-electron chi connectivity index (χ0n) is 15.1. The fourth-order valence-electron chi connectivity index (χ4n) is 3.12. The van der Waals surface area contributed by atoms with Crippen LogP contribution in [0.4, 0.5) is 0 Å². The second-order valence-corrected chi connectivity index (χ2v) is 6.95. The van der Waals surface area contributed by atoms with Crippen LogP contribution in [0, 0.1) is 0 Å². The SMILES string of the molecule is COc1ccc(Br)c(CNC(Cc2c[nH]c3ccccc23)C(=O)O)c1OC. The summed E-state index contributed by atoms with van der Waals surface area (Å²) >= 11 is 3.50. The predicted octanol–water partition coefficient (Wildman–Crippen LogP) is 3.73. The number of methoxy groups -OCH3 is 2. The highest BCUT2D eigenvalue weighted by atomic mass is 79.9. The van der Waals surface area contributed by atoms with Crippen molar-refractivity contribution >= 4 is 32.8 Å². The number of halogens is 1. The van der Waals surface area contributed by atoms with E-state index in [0.717, 1.165) is 26.5 Å². The van der Waals surface area contributed by atoms with Crippen molar-refractivity contribution in [3.63, 3.8) is 0 Å². The summed E-state index contributed by atoms with van der Waals surface area (Å²) in [4.78, 5) is 15.0. The molecule has 0 spiro atoms. The number of hydrogen-bond acceptors (Lipinski definition) is 4. The summed E-state index contributed by atoms with van der Waals surface area (Å²) in [5, 5.41) is 13.8. The number of carboxylic acid groups (broad SMARTS) is 1. The fourth-order valence-corrected chi connectivity index (χ4v) is 3.58. The monoisotopic (exact) mass is 432 g/mol. The summed E-state index contributed by atoms with van der Waals surface area (Å²) in [6.07, 6.45) is 2.23. The summed E-state index contributed by atoms with van der Waals surface area (Å²) in [6, 6.07) is 10.8. The average molecular weight is 433 g/mol. The molecule has 0 aliphatic carbocycles. The third kappa shape index (κ3) is 4.09. The van der Waals surface area contributed by atoms with E-state index in [1.54, 1.807) is 20.3 Å². The van der Waals surface area contributed by atoms with Crippen LogP contribution in [-0.4, -0.2) is 36.3 Å². The van der Waals surface area contributed by atoms with Gasteiger partial charge in [0.25, 0.3) is 0 Å². The summed E-state index contributed by atoms with van der Waals surface area (Å²) < 4.78 is 11.6. The fraction of sp³-hybridized carbons (Fsp3) is 0.250. The molecule has 142 valence electrons. The summed E-state index contributed by atoms with van der Waals surface area (Å²) in [5.41, 5.74) is 2.76. The molecule has 3 N–H and O–H groups in total. The molecule has 1 atom stereocenters. The van der Waals surface area contributed by atoms with Crippen molar-refractivity contribution in [3.05, 3.63) is 58.2 Å². The molecule has 0 aliphatic heterocycles. The van der Waals surface area contributed by atoms with E-state index in [2.05, 4.69) is 26.2 Å². The first kappa shape index (κ1) is 19.3. The number of ether oxygens (including phenoxy) is 2. The van der Waals surface area contributed by atoms with E-state index >= 15 is 0 Å². The van der Waals surface area contributed by atoms with Crippen molar-refractivity contribution < 1.29 is 19.4 Å². The Kier molecular flexibility index (Phi) is 6.03. The number of fused-ring (bicyclic) bond motifs is 1. The number of carbonyl (C=O) groups is 1. The summed E-state index contributed by atoms with van der Waals surface area (Å²) in [7, 11) is 3.13. The number of carboxylic acids is 1. The molecule has 7 heteroatoms. The van der Waals surface area contributed by atoms with Gasteiger partial charge in [-0.1, -0.05) is 34.1 Å². The first-order chi connectivity index (χ1) is 13.0. The van der Waals surface area contributed by atoms with E-state index in [-0.39, 0.29) is 0 Å². The Labute approximate surface area is 165 Å². The number of aromatic nitrogens is 1. The van der Waals surface area contributed by atoms with Crippen LogP contribution in [0.5, 0.6) is 11.5 Å². The van der Waals surface area contributed by atoms with Gasteiger partial charge in [-0.05, 0) is 23.8 Å². The highest BCUT2D eigenvalue weighted by molar-refractivity contribution is 9.10. The lowest BCUT2D eigenvalue weighted by Crippen LogP contribution is -2.38. The molecule has 0 radical (unpaired) electrons.